The third kappa shape index (κ3) is 7.25. The van der Waals surface area contributed by atoms with Crippen molar-refractivity contribution >= 4 is 23.4 Å². The number of alkyl carbamates (subject to hydrolysis) is 1. The molecule has 4 heteroatoms. The minimum absolute atomic E-state index is 0.324. The first-order valence-electron chi connectivity index (χ1n) is 3.51. The second-order valence-electron chi connectivity index (χ2n) is 2.85. The van der Waals surface area contributed by atoms with Gasteiger partial charge in [-0.15, -0.1) is 0 Å². The largest absolute Gasteiger partial charge is 0.413 e. The van der Waals surface area contributed by atoms with Gasteiger partial charge >= 0.3 is 6.09 Å². The number of amides is 1. The highest BCUT2D eigenvalue weighted by Gasteiger charge is 2.13. The Labute approximate surface area is 72.1 Å². The molecule has 0 aromatic carbocycles. The van der Waals surface area contributed by atoms with E-state index in [1.165, 1.54) is 0 Å². The molecule has 64 valence electrons. The molecule has 0 aromatic rings. The third-order valence-electron chi connectivity index (χ3n) is 0.584. The molecule has 0 atom stereocenters. The Morgan fingerprint density at radius 3 is 2.09 bits per heavy atom. The van der Waals surface area contributed by atoms with Crippen LogP contribution in [0, 0.1) is 5.92 Å². The average Bonchev–Trinajstić information content (AvgIpc) is 2.13. The van der Waals surface area contributed by atoms with Gasteiger partial charge in [-0.1, -0.05) is 20.8 Å². The minimum Gasteiger partial charge on any atom is -0.401 e. The van der Waals surface area contributed by atoms with Gasteiger partial charge in [0.15, 0.2) is 5.05 Å². The number of carbonyl (C=O) groups is 1. The first-order valence-corrected chi connectivity index (χ1v) is 3.91. The molecule has 0 saturated carbocycles. The summed E-state index contributed by atoms with van der Waals surface area (Å²) < 4.78 is 4.34. The van der Waals surface area contributed by atoms with Crippen molar-refractivity contribution < 1.29 is 9.53 Å². The van der Waals surface area contributed by atoms with Crippen molar-refractivity contribution in [2.75, 3.05) is 6.54 Å². The zero-order chi connectivity index (χ0) is 8.85. The van der Waals surface area contributed by atoms with E-state index in [1.807, 2.05) is 0 Å². The Morgan fingerprint density at radius 1 is 1.55 bits per heavy atom. The number of hydrogen-bond donors (Lipinski definition) is 1. The molecule has 1 amide bonds. The molecule has 0 radical (unpaired) electrons. The molecule has 1 heterocycles. The summed E-state index contributed by atoms with van der Waals surface area (Å²) in [6.45, 7) is 6.88. The average molecular weight is 175 g/mol. The molecule has 3 nitrogen and oxygen atoms in total. The van der Waals surface area contributed by atoms with Crippen LogP contribution in [-0.2, 0) is 4.74 Å². The minimum atomic E-state index is -0.440. The van der Waals surface area contributed by atoms with Crippen LogP contribution >= 0.6 is 12.2 Å². The van der Waals surface area contributed by atoms with E-state index < -0.39 is 6.09 Å². The Balaban J connectivity index is 0.000000218. The number of cyclic esters (lactones) is 1. The fourth-order valence-electron chi connectivity index (χ4n) is 0.320. The van der Waals surface area contributed by atoms with Crippen LogP contribution in [0.3, 0.4) is 0 Å². The highest BCUT2D eigenvalue weighted by molar-refractivity contribution is 7.80. The lowest BCUT2D eigenvalue weighted by Crippen LogP contribution is -2.12. The summed E-state index contributed by atoms with van der Waals surface area (Å²) in [5, 5.41) is 2.69. The lowest BCUT2D eigenvalue weighted by molar-refractivity contribution is 0.209. The van der Waals surface area contributed by atoms with Gasteiger partial charge in [0.2, 0.25) is 0 Å². The first kappa shape index (κ1) is 10.4. The normalized spacial score (nSPS) is 15.3. The third-order valence-corrected chi connectivity index (χ3v) is 0.811. The van der Waals surface area contributed by atoms with Crippen LogP contribution in [0.4, 0.5) is 4.79 Å². The van der Waals surface area contributed by atoms with E-state index in [2.05, 4.69) is 43.0 Å². The molecule has 1 rings (SSSR count). The van der Waals surface area contributed by atoms with Crippen molar-refractivity contribution in [3.8, 4) is 0 Å². The maximum absolute atomic E-state index is 10.0. The monoisotopic (exact) mass is 175 g/mol. The Hall–Kier alpha value is -0.640. The predicted octanol–water partition coefficient (Wildman–Crippen LogP) is 1.72. The van der Waals surface area contributed by atoms with Gasteiger partial charge < -0.3 is 10.1 Å². The van der Waals surface area contributed by atoms with E-state index >= 15 is 0 Å². The number of thiocarbonyl (C=S) groups is 1. The zero-order valence-corrected chi connectivity index (χ0v) is 7.83. The molecule has 0 unspecified atom stereocenters. The van der Waals surface area contributed by atoms with Gasteiger partial charge in [0.25, 0.3) is 0 Å². The molecule has 1 aliphatic rings. The molecule has 0 aliphatic carbocycles. The van der Waals surface area contributed by atoms with Gasteiger partial charge in [-0.25, -0.2) is 4.79 Å². The highest BCUT2D eigenvalue weighted by atomic mass is 32.1. The smallest absolute Gasteiger partial charge is 0.401 e. The summed E-state index contributed by atoms with van der Waals surface area (Å²) in [6, 6.07) is 0. The van der Waals surface area contributed by atoms with Gasteiger partial charge in [-0.05, 0) is 18.1 Å². The molecular formula is C7H13NO2S. The fraction of sp³-hybridized carbons (Fsp3) is 0.714. The van der Waals surface area contributed by atoms with Gasteiger partial charge in [-0.2, -0.15) is 0 Å². The second-order valence-corrected chi connectivity index (χ2v) is 3.30. The lowest BCUT2D eigenvalue weighted by atomic mass is 10.3. The maximum atomic E-state index is 10.0. The van der Waals surface area contributed by atoms with E-state index in [1.54, 1.807) is 0 Å². The zero-order valence-electron chi connectivity index (χ0n) is 7.01. The van der Waals surface area contributed by atoms with Crippen molar-refractivity contribution in [3.63, 3.8) is 0 Å². The van der Waals surface area contributed by atoms with E-state index in [9.17, 15) is 4.79 Å². The highest BCUT2D eigenvalue weighted by Crippen LogP contribution is 1.89. The van der Waals surface area contributed by atoms with Gasteiger partial charge in [0.1, 0.15) is 0 Å². The molecule has 1 saturated heterocycles. The molecule has 11 heavy (non-hydrogen) atoms. The Bertz CT molecular complexity index is 140. The van der Waals surface area contributed by atoms with Gasteiger partial charge in [0, 0.05) is 0 Å². The predicted molar refractivity (Wildman–Crippen MR) is 47.6 cm³/mol. The maximum Gasteiger partial charge on any atom is 0.413 e. The number of rotatable bonds is 0. The van der Waals surface area contributed by atoms with E-state index in [4.69, 9.17) is 0 Å². The van der Waals surface area contributed by atoms with Crippen molar-refractivity contribution in [2.24, 2.45) is 5.92 Å². The molecular weight excluding hydrogens is 162 g/mol. The molecule has 1 aliphatic heterocycles. The fourth-order valence-corrected chi connectivity index (χ4v) is 0.468. The van der Waals surface area contributed by atoms with Crippen LogP contribution in [0.25, 0.3) is 0 Å². The molecule has 0 aromatic heterocycles. The van der Waals surface area contributed by atoms with E-state index in [-0.39, 0.29) is 0 Å². The Morgan fingerprint density at radius 2 is 2.00 bits per heavy atom. The van der Waals surface area contributed by atoms with E-state index in [0.29, 0.717) is 11.6 Å². The van der Waals surface area contributed by atoms with Crippen LogP contribution < -0.4 is 5.32 Å². The second kappa shape index (κ2) is 5.07. The summed E-state index contributed by atoms with van der Waals surface area (Å²) in [5.41, 5.74) is 0. The summed E-state index contributed by atoms with van der Waals surface area (Å²) in [5.74, 6) is 0.833. The molecule has 1 fully saturated rings. The molecule has 0 bridgehead atoms. The van der Waals surface area contributed by atoms with Crippen LogP contribution in [0.5, 0.6) is 0 Å². The van der Waals surface area contributed by atoms with Crippen LogP contribution in [-0.4, -0.2) is 17.7 Å². The standard InChI is InChI=1S/C4H10.C3H3NO2S/c1-4(2)3;5-3-4-1-2(7)6-3/h4H,1-3H3;1H2,(H,4,5). The number of nitrogens with one attached hydrogen (secondary N) is 1. The number of hydrogen-bond acceptors (Lipinski definition) is 3. The lowest BCUT2D eigenvalue weighted by Gasteiger charge is -1.80. The van der Waals surface area contributed by atoms with Crippen molar-refractivity contribution in [1.29, 1.82) is 0 Å². The topological polar surface area (TPSA) is 38.3 Å². The number of ether oxygens (including phenoxy) is 1. The van der Waals surface area contributed by atoms with Crippen molar-refractivity contribution in [2.45, 2.75) is 20.8 Å². The SMILES string of the molecule is CC(C)C.O=C1NCC(=S)O1. The molecule has 0 spiro atoms. The summed E-state index contributed by atoms with van der Waals surface area (Å²) in [4.78, 5) is 10.0. The van der Waals surface area contributed by atoms with Crippen LogP contribution in [0.2, 0.25) is 0 Å². The summed E-state index contributed by atoms with van der Waals surface area (Å²) in [7, 11) is 0. The van der Waals surface area contributed by atoms with Gasteiger partial charge in [-0.3, -0.25) is 0 Å². The Kier molecular flexibility index (Phi) is 4.77. The van der Waals surface area contributed by atoms with Crippen molar-refractivity contribution in [1.82, 2.24) is 5.32 Å². The van der Waals surface area contributed by atoms with Crippen molar-refractivity contribution in [3.05, 3.63) is 0 Å². The first-order chi connectivity index (χ1) is 5.02. The van der Waals surface area contributed by atoms with Crippen LogP contribution in [0.1, 0.15) is 20.8 Å². The van der Waals surface area contributed by atoms with Crippen LogP contribution in [0.15, 0.2) is 0 Å². The number of carbonyl (C=O) groups excluding carboxylic acids is 1. The van der Waals surface area contributed by atoms with Gasteiger partial charge in [0.05, 0.1) is 6.54 Å². The quantitative estimate of drug-likeness (QED) is 0.570. The summed E-state index contributed by atoms with van der Waals surface area (Å²) >= 11 is 4.49. The summed E-state index contributed by atoms with van der Waals surface area (Å²) in [6.07, 6.45) is -0.440. The molecule has 1 N–H and O–H groups in total. The van der Waals surface area contributed by atoms with E-state index in [0.717, 1.165) is 5.92 Å².